The molecule has 0 spiro atoms. The number of methoxy groups -OCH3 is 3. The van der Waals surface area contributed by atoms with Crippen LogP contribution in [0.15, 0.2) is 36.1 Å². The maximum absolute atomic E-state index is 12.6. The highest BCUT2D eigenvalue weighted by Gasteiger charge is 2.28. The predicted octanol–water partition coefficient (Wildman–Crippen LogP) is 2.79. The standard InChI is InChI=1S/C20H18O8/c1-24-16-7-11(8-17(25-2)20(16)26-3)6-15-19(23)13-5-4-12(9-14(13)28-15)27-10-18(21)22/h4-9H,10H2,1-3H3,(H,21,22). The molecule has 8 nitrogen and oxygen atoms in total. The Morgan fingerprint density at radius 2 is 1.75 bits per heavy atom. The average Bonchev–Trinajstić information content (AvgIpc) is 3.00. The van der Waals surface area contributed by atoms with Crippen LogP contribution < -0.4 is 23.7 Å². The van der Waals surface area contributed by atoms with E-state index in [1.165, 1.54) is 39.5 Å². The molecule has 1 N–H and O–H groups in total. The molecular formula is C20H18O8. The second-order valence-corrected chi connectivity index (χ2v) is 5.74. The first-order chi connectivity index (χ1) is 13.5. The SMILES string of the molecule is COc1cc(C=C2Oc3cc(OCC(=O)O)ccc3C2=O)cc(OC)c1OC. The molecular weight excluding hydrogens is 368 g/mol. The number of benzene rings is 2. The number of Topliss-reactive ketones (excluding diaryl/α,β-unsaturated/α-hetero) is 1. The molecule has 2 aromatic carbocycles. The number of hydrogen-bond acceptors (Lipinski definition) is 7. The zero-order valence-electron chi connectivity index (χ0n) is 15.5. The number of carboxylic acid groups (broad SMARTS) is 1. The van der Waals surface area contributed by atoms with E-state index in [1.54, 1.807) is 18.2 Å². The first-order valence-electron chi connectivity index (χ1n) is 8.19. The molecule has 0 fully saturated rings. The van der Waals surface area contributed by atoms with Gasteiger partial charge in [-0.25, -0.2) is 4.79 Å². The van der Waals surface area contributed by atoms with Crippen LogP contribution in [0.3, 0.4) is 0 Å². The van der Waals surface area contributed by atoms with Gasteiger partial charge >= 0.3 is 5.97 Å². The summed E-state index contributed by atoms with van der Waals surface area (Å²) >= 11 is 0. The van der Waals surface area contributed by atoms with Gasteiger partial charge in [-0.15, -0.1) is 0 Å². The molecule has 0 radical (unpaired) electrons. The summed E-state index contributed by atoms with van der Waals surface area (Å²) in [6.45, 7) is -0.485. The molecule has 0 saturated carbocycles. The summed E-state index contributed by atoms with van der Waals surface area (Å²) in [5.74, 6) is 0.639. The summed E-state index contributed by atoms with van der Waals surface area (Å²) in [4.78, 5) is 23.2. The number of aliphatic carboxylic acids is 1. The average molecular weight is 386 g/mol. The van der Waals surface area contributed by atoms with Crippen molar-refractivity contribution in [2.24, 2.45) is 0 Å². The van der Waals surface area contributed by atoms with Gasteiger partial charge in [0, 0.05) is 6.07 Å². The number of carboxylic acids is 1. The Morgan fingerprint density at radius 1 is 1.07 bits per heavy atom. The Morgan fingerprint density at radius 3 is 2.32 bits per heavy atom. The van der Waals surface area contributed by atoms with Crippen molar-refractivity contribution in [2.45, 2.75) is 0 Å². The van der Waals surface area contributed by atoms with E-state index in [9.17, 15) is 9.59 Å². The zero-order chi connectivity index (χ0) is 20.3. The van der Waals surface area contributed by atoms with Crippen LogP contribution in [0.1, 0.15) is 15.9 Å². The van der Waals surface area contributed by atoms with Crippen molar-refractivity contribution in [3.63, 3.8) is 0 Å². The van der Waals surface area contributed by atoms with Gasteiger partial charge in [0.15, 0.2) is 23.9 Å². The van der Waals surface area contributed by atoms with Crippen LogP contribution >= 0.6 is 0 Å². The molecule has 3 rings (SSSR count). The zero-order valence-corrected chi connectivity index (χ0v) is 15.5. The molecule has 1 aliphatic rings. The van der Waals surface area contributed by atoms with Gasteiger partial charge in [-0.05, 0) is 35.9 Å². The summed E-state index contributed by atoms with van der Waals surface area (Å²) in [5, 5.41) is 8.69. The number of ether oxygens (including phenoxy) is 5. The molecule has 0 saturated heterocycles. The van der Waals surface area contributed by atoms with Crippen molar-refractivity contribution in [1.29, 1.82) is 0 Å². The van der Waals surface area contributed by atoms with E-state index < -0.39 is 12.6 Å². The Bertz CT molecular complexity index is 936. The lowest BCUT2D eigenvalue weighted by molar-refractivity contribution is -0.139. The van der Waals surface area contributed by atoms with E-state index >= 15 is 0 Å². The van der Waals surface area contributed by atoms with Crippen LogP contribution in [0.4, 0.5) is 0 Å². The fraction of sp³-hybridized carbons (Fsp3) is 0.200. The maximum atomic E-state index is 12.6. The molecule has 28 heavy (non-hydrogen) atoms. The number of allylic oxidation sites excluding steroid dienone is 1. The van der Waals surface area contributed by atoms with Crippen LogP contribution in [-0.4, -0.2) is 44.8 Å². The summed E-state index contributed by atoms with van der Waals surface area (Å²) < 4.78 is 26.7. The molecule has 0 amide bonds. The minimum atomic E-state index is -1.10. The fourth-order valence-corrected chi connectivity index (χ4v) is 2.74. The molecule has 0 bridgehead atoms. The van der Waals surface area contributed by atoms with Gasteiger partial charge < -0.3 is 28.8 Å². The summed E-state index contributed by atoms with van der Waals surface area (Å²) in [6, 6.07) is 7.91. The lowest BCUT2D eigenvalue weighted by Crippen LogP contribution is -2.09. The van der Waals surface area contributed by atoms with Gasteiger partial charge in [-0.1, -0.05) is 0 Å². The normalized spacial score (nSPS) is 13.7. The summed E-state index contributed by atoms with van der Waals surface area (Å²) in [5.41, 5.74) is 0.981. The number of fused-ring (bicyclic) bond motifs is 1. The van der Waals surface area contributed by atoms with Crippen molar-refractivity contribution in [1.82, 2.24) is 0 Å². The third kappa shape index (κ3) is 3.71. The highest BCUT2D eigenvalue weighted by atomic mass is 16.5. The Kier molecular flexibility index (Phi) is 5.39. The van der Waals surface area contributed by atoms with Gasteiger partial charge in [0.1, 0.15) is 11.5 Å². The summed E-state index contributed by atoms with van der Waals surface area (Å²) in [6.07, 6.45) is 1.56. The quantitative estimate of drug-likeness (QED) is 0.725. The summed E-state index contributed by atoms with van der Waals surface area (Å²) in [7, 11) is 4.50. The van der Waals surface area contributed by atoms with Gasteiger partial charge in [-0.2, -0.15) is 0 Å². The minimum Gasteiger partial charge on any atom is -0.493 e. The fourth-order valence-electron chi connectivity index (χ4n) is 2.74. The molecule has 0 unspecified atom stereocenters. The molecule has 146 valence electrons. The predicted molar refractivity (Wildman–Crippen MR) is 98.6 cm³/mol. The van der Waals surface area contributed by atoms with E-state index in [1.807, 2.05) is 0 Å². The number of carbonyl (C=O) groups is 2. The Hall–Kier alpha value is -3.68. The van der Waals surface area contributed by atoms with Gasteiger partial charge in [0.05, 0.1) is 26.9 Å². The lowest BCUT2D eigenvalue weighted by Gasteiger charge is -2.13. The Labute approximate surface area is 160 Å². The number of hydrogen-bond donors (Lipinski definition) is 1. The van der Waals surface area contributed by atoms with Crippen LogP contribution in [0, 0.1) is 0 Å². The van der Waals surface area contributed by atoms with E-state index in [4.69, 9.17) is 28.8 Å². The molecule has 2 aromatic rings. The van der Waals surface area contributed by atoms with Crippen molar-refractivity contribution in [3.05, 3.63) is 47.2 Å². The highest BCUT2D eigenvalue weighted by Crippen LogP contribution is 2.40. The van der Waals surface area contributed by atoms with Crippen LogP contribution in [0.5, 0.6) is 28.7 Å². The van der Waals surface area contributed by atoms with Crippen LogP contribution in [0.2, 0.25) is 0 Å². The highest BCUT2D eigenvalue weighted by molar-refractivity contribution is 6.14. The van der Waals surface area contributed by atoms with E-state index in [0.717, 1.165) is 0 Å². The van der Waals surface area contributed by atoms with Crippen molar-refractivity contribution in [2.75, 3.05) is 27.9 Å². The molecule has 8 heteroatoms. The molecule has 0 aromatic heterocycles. The molecule has 1 aliphatic heterocycles. The van der Waals surface area contributed by atoms with E-state index in [-0.39, 0.29) is 11.5 Å². The van der Waals surface area contributed by atoms with Gasteiger partial charge in [0.25, 0.3) is 0 Å². The minimum absolute atomic E-state index is 0.111. The second kappa shape index (κ2) is 7.91. The van der Waals surface area contributed by atoms with Crippen molar-refractivity contribution < 1.29 is 38.4 Å². The molecule has 0 atom stereocenters. The van der Waals surface area contributed by atoms with Crippen molar-refractivity contribution in [3.8, 4) is 28.7 Å². The van der Waals surface area contributed by atoms with Crippen LogP contribution in [-0.2, 0) is 4.79 Å². The number of ketones is 1. The van der Waals surface area contributed by atoms with Gasteiger partial charge in [0.2, 0.25) is 11.5 Å². The maximum Gasteiger partial charge on any atom is 0.341 e. The number of carbonyl (C=O) groups excluding carboxylic acids is 1. The number of rotatable bonds is 7. The Balaban J connectivity index is 1.91. The van der Waals surface area contributed by atoms with Gasteiger partial charge in [-0.3, -0.25) is 4.79 Å². The molecule has 1 heterocycles. The topological polar surface area (TPSA) is 101 Å². The first-order valence-corrected chi connectivity index (χ1v) is 8.19. The van der Waals surface area contributed by atoms with E-state index in [2.05, 4.69) is 0 Å². The largest absolute Gasteiger partial charge is 0.493 e. The van der Waals surface area contributed by atoms with E-state index in [0.29, 0.717) is 39.9 Å². The monoisotopic (exact) mass is 386 g/mol. The third-order valence-corrected chi connectivity index (χ3v) is 3.99. The first kappa shape index (κ1) is 19.1. The lowest BCUT2D eigenvalue weighted by atomic mass is 10.1. The van der Waals surface area contributed by atoms with Crippen LogP contribution in [0.25, 0.3) is 6.08 Å². The second-order valence-electron chi connectivity index (χ2n) is 5.74. The smallest absolute Gasteiger partial charge is 0.341 e. The van der Waals surface area contributed by atoms with Crippen molar-refractivity contribution >= 4 is 17.8 Å². The third-order valence-electron chi connectivity index (χ3n) is 3.99. The molecule has 0 aliphatic carbocycles.